The van der Waals surface area contributed by atoms with Gasteiger partial charge in [-0.2, -0.15) is 0 Å². The van der Waals surface area contributed by atoms with Gasteiger partial charge in [-0.15, -0.1) is 0 Å². The number of nitrogens with zero attached hydrogens (tertiary/aromatic N) is 2. The second-order valence-corrected chi connectivity index (χ2v) is 6.67. The Bertz CT molecular complexity index is 493. The van der Waals surface area contributed by atoms with Crippen molar-refractivity contribution in [2.45, 2.75) is 58.0 Å². The first-order chi connectivity index (χ1) is 9.29. The van der Waals surface area contributed by atoms with Crippen molar-refractivity contribution in [3.8, 4) is 5.75 Å². The minimum absolute atomic E-state index is 0.0443. The average Bonchev–Trinajstić information content (AvgIpc) is 2.36. The van der Waals surface area contributed by atoms with Gasteiger partial charge >= 0.3 is 0 Å². The van der Waals surface area contributed by atoms with E-state index in [9.17, 15) is 4.79 Å². The summed E-state index contributed by atoms with van der Waals surface area (Å²) < 4.78 is 5.28. The molecule has 4 nitrogen and oxygen atoms in total. The van der Waals surface area contributed by atoms with Crippen molar-refractivity contribution >= 4 is 5.91 Å². The number of carbonyl (C=O) groups is 1. The Morgan fingerprint density at radius 1 is 1.25 bits per heavy atom. The number of likely N-dealkylation sites (tertiary alicyclic amines) is 1. The molecular formula is C16H24N2O2. The smallest absolute Gasteiger partial charge is 0.277 e. The summed E-state index contributed by atoms with van der Waals surface area (Å²) in [5.41, 5.74) is 0.0703. The fraction of sp³-hybridized carbons (Fsp3) is 0.625. The number of amides is 1. The third-order valence-corrected chi connectivity index (χ3v) is 4.18. The molecule has 1 aromatic heterocycles. The van der Waals surface area contributed by atoms with E-state index in [-0.39, 0.29) is 17.0 Å². The van der Waals surface area contributed by atoms with Crippen LogP contribution < -0.4 is 4.74 Å². The van der Waals surface area contributed by atoms with E-state index >= 15 is 0 Å². The molecule has 0 radical (unpaired) electrons. The van der Waals surface area contributed by atoms with E-state index in [1.807, 2.05) is 4.90 Å². The Kier molecular flexibility index (Phi) is 3.76. The summed E-state index contributed by atoms with van der Waals surface area (Å²) in [6, 6.07) is 3.56. The summed E-state index contributed by atoms with van der Waals surface area (Å²) in [6.45, 7) is 8.50. The molecule has 0 aliphatic carbocycles. The summed E-state index contributed by atoms with van der Waals surface area (Å²) in [5, 5.41) is 0. The van der Waals surface area contributed by atoms with E-state index in [2.05, 4.69) is 32.7 Å². The minimum Gasteiger partial charge on any atom is -0.494 e. The lowest BCUT2D eigenvalue weighted by molar-refractivity contribution is -0.0118. The topological polar surface area (TPSA) is 42.4 Å². The maximum absolute atomic E-state index is 13.0. The Labute approximate surface area is 121 Å². The molecule has 2 heterocycles. The van der Waals surface area contributed by atoms with Crippen LogP contribution in [0, 0.1) is 0 Å². The van der Waals surface area contributed by atoms with Crippen LogP contribution in [0.1, 0.15) is 57.4 Å². The SMILES string of the molecule is COc1cccnc1C(=O)N1C(C)(C)CCCC1(C)C. The number of piperidine rings is 1. The number of aromatic nitrogens is 1. The van der Waals surface area contributed by atoms with E-state index in [0.717, 1.165) is 19.3 Å². The normalized spacial score (nSPS) is 20.6. The molecule has 2 rings (SSSR count). The molecule has 0 spiro atoms. The zero-order chi connectivity index (χ0) is 15.0. The fourth-order valence-corrected chi connectivity index (χ4v) is 3.37. The van der Waals surface area contributed by atoms with E-state index in [1.54, 1.807) is 25.4 Å². The van der Waals surface area contributed by atoms with Gasteiger partial charge in [0.05, 0.1) is 7.11 Å². The number of hydrogen-bond donors (Lipinski definition) is 0. The van der Waals surface area contributed by atoms with Gasteiger partial charge in [-0.25, -0.2) is 4.98 Å². The van der Waals surface area contributed by atoms with Crippen LogP contribution in [0.5, 0.6) is 5.75 Å². The molecule has 4 heteroatoms. The molecule has 1 aliphatic heterocycles. The van der Waals surface area contributed by atoms with E-state index in [0.29, 0.717) is 11.4 Å². The largest absolute Gasteiger partial charge is 0.494 e. The summed E-state index contributed by atoms with van der Waals surface area (Å²) in [5.74, 6) is 0.492. The Morgan fingerprint density at radius 2 is 1.85 bits per heavy atom. The fourth-order valence-electron chi connectivity index (χ4n) is 3.37. The van der Waals surface area contributed by atoms with E-state index in [1.165, 1.54) is 0 Å². The predicted octanol–water partition coefficient (Wildman–Crippen LogP) is 3.27. The first-order valence-electron chi connectivity index (χ1n) is 7.13. The quantitative estimate of drug-likeness (QED) is 0.832. The lowest BCUT2D eigenvalue weighted by Crippen LogP contribution is -2.61. The Hall–Kier alpha value is -1.58. The Morgan fingerprint density at radius 3 is 2.40 bits per heavy atom. The highest BCUT2D eigenvalue weighted by Gasteiger charge is 2.45. The van der Waals surface area contributed by atoms with Crippen molar-refractivity contribution < 1.29 is 9.53 Å². The molecule has 0 unspecified atom stereocenters. The second-order valence-electron chi connectivity index (χ2n) is 6.67. The zero-order valence-electron chi connectivity index (χ0n) is 13.1. The summed E-state index contributed by atoms with van der Waals surface area (Å²) >= 11 is 0. The molecule has 20 heavy (non-hydrogen) atoms. The van der Waals surface area contributed by atoms with Gasteiger partial charge in [-0.3, -0.25) is 4.79 Å². The molecule has 110 valence electrons. The minimum atomic E-state index is -0.165. The third kappa shape index (κ3) is 2.51. The Balaban J connectivity index is 2.44. The molecule has 1 aliphatic rings. The monoisotopic (exact) mass is 276 g/mol. The van der Waals surface area contributed by atoms with Crippen molar-refractivity contribution in [1.29, 1.82) is 0 Å². The van der Waals surface area contributed by atoms with Crippen LogP contribution in [-0.4, -0.2) is 34.0 Å². The maximum atomic E-state index is 13.0. The number of pyridine rings is 1. The molecule has 1 fully saturated rings. The molecule has 1 aromatic rings. The third-order valence-electron chi connectivity index (χ3n) is 4.18. The molecule has 0 atom stereocenters. The van der Waals surface area contributed by atoms with Gasteiger partial charge in [-0.05, 0) is 59.1 Å². The van der Waals surface area contributed by atoms with Gasteiger partial charge in [0.2, 0.25) is 0 Å². The van der Waals surface area contributed by atoms with Gasteiger partial charge in [0.15, 0.2) is 5.69 Å². The van der Waals surface area contributed by atoms with Crippen LogP contribution in [0.2, 0.25) is 0 Å². The predicted molar refractivity (Wildman–Crippen MR) is 79.0 cm³/mol. The van der Waals surface area contributed by atoms with Gasteiger partial charge in [0.1, 0.15) is 5.75 Å². The van der Waals surface area contributed by atoms with E-state index in [4.69, 9.17) is 4.74 Å². The van der Waals surface area contributed by atoms with Crippen LogP contribution in [0.3, 0.4) is 0 Å². The van der Waals surface area contributed by atoms with Gasteiger partial charge in [0, 0.05) is 17.3 Å². The van der Waals surface area contributed by atoms with E-state index < -0.39 is 0 Å². The molecule has 1 saturated heterocycles. The van der Waals surface area contributed by atoms with Gasteiger partial charge in [0.25, 0.3) is 5.91 Å². The highest BCUT2D eigenvalue weighted by molar-refractivity contribution is 5.96. The molecule has 0 N–H and O–H groups in total. The van der Waals surface area contributed by atoms with Crippen LogP contribution >= 0.6 is 0 Å². The van der Waals surface area contributed by atoms with Gasteiger partial charge in [-0.1, -0.05) is 0 Å². The average molecular weight is 276 g/mol. The standard InChI is InChI=1S/C16H24N2O2/c1-15(2)9-7-10-16(3,4)18(15)14(19)13-12(20-5)8-6-11-17-13/h6,8,11H,7,9-10H2,1-5H3. The summed E-state index contributed by atoms with van der Waals surface area (Å²) in [4.78, 5) is 19.2. The highest BCUT2D eigenvalue weighted by Crippen LogP contribution is 2.39. The molecule has 0 bridgehead atoms. The summed E-state index contributed by atoms with van der Waals surface area (Å²) in [6.07, 6.45) is 4.80. The summed E-state index contributed by atoms with van der Waals surface area (Å²) in [7, 11) is 1.57. The molecule has 0 saturated carbocycles. The molecular weight excluding hydrogens is 252 g/mol. The van der Waals surface area contributed by atoms with Crippen LogP contribution in [0.4, 0.5) is 0 Å². The van der Waals surface area contributed by atoms with Crippen LogP contribution in [0.25, 0.3) is 0 Å². The van der Waals surface area contributed by atoms with Crippen LogP contribution in [0.15, 0.2) is 18.3 Å². The molecule has 1 amide bonds. The first kappa shape index (κ1) is 14.8. The van der Waals surface area contributed by atoms with Crippen molar-refractivity contribution in [1.82, 2.24) is 9.88 Å². The van der Waals surface area contributed by atoms with Crippen molar-refractivity contribution in [3.05, 3.63) is 24.0 Å². The van der Waals surface area contributed by atoms with Crippen LogP contribution in [-0.2, 0) is 0 Å². The van der Waals surface area contributed by atoms with Crippen molar-refractivity contribution in [2.75, 3.05) is 7.11 Å². The number of carbonyl (C=O) groups excluding carboxylic acids is 1. The lowest BCUT2D eigenvalue weighted by atomic mass is 9.79. The lowest BCUT2D eigenvalue weighted by Gasteiger charge is -2.52. The van der Waals surface area contributed by atoms with Gasteiger partial charge < -0.3 is 9.64 Å². The maximum Gasteiger partial charge on any atom is 0.277 e. The second kappa shape index (κ2) is 5.08. The number of hydrogen-bond acceptors (Lipinski definition) is 3. The highest BCUT2D eigenvalue weighted by atomic mass is 16.5. The van der Waals surface area contributed by atoms with Crippen molar-refractivity contribution in [3.63, 3.8) is 0 Å². The zero-order valence-corrected chi connectivity index (χ0v) is 13.1. The van der Waals surface area contributed by atoms with Crippen molar-refractivity contribution in [2.24, 2.45) is 0 Å². The number of methoxy groups -OCH3 is 1. The number of ether oxygens (including phenoxy) is 1. The number of rotatable bonds is 2. The molecule has 0 aromatic carbocycles. The first-order valence-corrected chi connectivity index (χ1v) is 7.13.